The molecule has 9 nitrogen and oxygen atoms in total. The van der Waals surface area contributed by atoms with Crippen molar-refractivity contribution in [3.8, 4) is 0 Å². The minimum Gasteiger partial charge on any atom is -0.463 e. The van der Waals surface area contributed by atoms with Crippen LogP contribution >= 0.6 is 34.7 Å². The summed E-state index contributed by atoms with van der Waals surface area (Å²) in [5, 5.41) is 13.4. The van der Waals surface area contributed by atoms with Gasteiger partial charge >= 0.3 is 5.97 Å². The van der Waals surface area contributed by atoms with Gasteiger partial charge in [0.15, 0.2) is 10.8 Å². The number of thioether (sulfide) groups is 1. The molecule has 1 fully saturated rings. The van der Waals surface area contributed by atoms with E-state index in [4.69, 9.17) is 26.2 Å². The van der Waals surface area contributed by atoms with E-state index >= 15 is 0 Å². The predicted molar refractivity (Wildman–Crippen MR) is 149 cm³/mol. The van der Waals surface area contributed by atoms with Gasteiger partial charge in [0.25, 0.3) is 0 Å². The third-order valence-electron chi connectivity index (χ3n) is 5.18. The molecule has 13 heteroatoms. The Balaban J connectivity index is 0.000000428. The highest BCUT2D eigenvalue weighted by Gasteiger charge is 2.29. The fraction of sp³-hybridized carbons (Fsp3) is 0.440. The third-order valence-corrected chi connectivity index (χ3v) is 7.19. The van der Waals surface area contributed by atoms with Crippen LogP contribution in [0.25, 0.3) is 0 Å². The second-order valence-corrected chi connectivity index (χ2v) is 10.1. The van der Waals surface area contributed by atoms with Crippen molar-refractivity contribution < 1.29 is 28.6 Å². The number of thiazole rings is 1. The number of benzene rings is 1. The highest BCUT2D eigenvalue weighted by atomic mass is 35.5. The smallest absolute Gasteiger partial charge is 0.337 e. The predicted octanol–water partition coefficient (Wildman–Crippen LogP) is 3.03. The van der Waals surface area contributed by atoms with Gasteiger partial charge in [0.05, 0.1) is 31.9 Å². The van der Waals surface area contributed by atoms with Crippen LogP contribution in [-0.2, 0) is 19.1 Å². The molecular weight excluding hydrogens is 555 g/mol. The van der Waals surface area contributed by atoms with Crippen LogP contribution in [0.3, 0.4) is 0 Å². The molecule has 38 heavy (non-hydrogen) atoms. The van der Waals surface area contributed by atoms with Crippen LogP contribution in [0, 0.1) is 5.82 Å². The van der Waals surface area contributed by atoms with Crippen molar-refractivity contribution in [3.63, 3.8) is 0 Å². The quantitative estimate of drug-likeness (QED) is 0.260. The first-order valence-corrected chi connectivity index (χ1v) is 14.2. The average Bonchev–Trinajstić information content (AvgIpc) is 3.47. The number of halogens is 2. The molecule has 2 aliphatic rings. The van der Waals surface area contributed by atoms with Crippen molar-refractivity contribution >= 4 is 52.8 Å². The topological polar surface area (TPSA) is 113 Å². The molecule has 2 N–H and O–H groups in total. The number of aldehydes is 1. The summed E-state index contributed by atoms with van der Waals surface area (Å²) in [4.78, 5) is 34.1. The number of aliphatic hydroxyl groups excluding tert-OH is 1. The van der Waals surface area contributed by atoms with Gasteiger partial charge in [-0.15, -0.1) is 11.3 Å². The Morgan fingerprint density at radius 3 is 2.89 bits per heavy atom. The molecule has 0 saturated carbocycles. The second kappa shape index (κ2) is 18.0. The van der Waals surface area contributed by atoms with Gasteiger partial charge in [-0.05, 0) is 25.1 Å². The van der Waals surface area contributed by atoms with Crippen LogP contribution in [0.5, 0.6) is 0 Å². The van der Waals surface area contributed by atoms with Gasteiger partial charge in [-0.1, -0.05) is 17.7 Å². The maximum atomic E-state index is 12.4. The number of hydrogen-bond donors (Lipinski definition) is 2. The zero-order chi connectivity index (χ0) is 27.8. The van der Waals surface area contributed by atoms with Crippen LogP contribution in [0.2, 0.25) is 5.02 Å². The zero-order valence-corrected chi connectivity index (χ0v) is 23.7. The van der Waals surface area contributed by atoms with Crippen molar-refractivity contribution in [1.82, 2.24) is 15.2 Å². The first-order valence-electron chi connectivity index (χ1n) is 11.8. The van der Waals surface area contributed by atoms with E-state index in [1.165, 1.54) is 23.5 Å². The molecule has 0 aliphatic carbocycles. The summed E-state index contributed by atoms with van der Waals surface area (Å²) in [7, 11) is 1.00. The summed E-state index contributed by atoms with van der Waals surface area (Å²) in [6.07, 6.45) is 2.65. The van der Waals surface area contributed by atoms with Crippen molar-refractivity contribution in [2.24, 2.45) is 4.99 Å². The number of amidine groups is 1. The number of hydrogen-bond acceptors (Lipinski definition) is 11. The lowest BCUT2D eigenvalue weighted by molar-refractivity contribution is -0.138. The maximum absolute atomic E-state index is 12.4. The van der Waals surface area contributed by atoms with Gasteiger partial charge < -0.3 is 24.7 Å². The minimum atomic E-state index is -0.341. The molecule has 1 aromatic heterocycles. The number of aliphatic imine (C=N–C) groups is 1. The molecule has 1 unspecified atom stereocenters. The number of nitrogens with zero attached hydrogens (tertiary/aromatic N) is 3. The Labute approximate surface area is 235 Å². The lowest BCUT2D eigenvalue weighted by Gasteiger charge is -2.36. The Bertz CT molecular complexity index is 1050. The number of rotatable bonds is 9. The summed E-state index contributed by atoms with van der Waals surface area (Å²) < 4.78 is 22.9. The molecule has 208 valence electrons. The summed E-state index contributed by atoms with van der Waals surface area (Å²) in [6.45, 7) is 4.96. The van der Waals surface area contributed by atoms with Crippen molar-refractivity contribution in [1.29, 1.82) is 0 Å². The Morgan fingerprint density at radius 1 is 1.45 bits per heavy atom. The molecule has 0 bridgehead atoms. The number of aromatic nitrogens is 1. The van der Waals surface area contributed by atoms with E-state index in [0.717, 1.165) is 36.4 Å². The van der Waals surface area contributed by atoms with Crippen LogP contribution in [0.4, 0.5) is 4.39 Å². The molecular formula is C25H32ClFN4O5S2. The number of carbonyl (C=O) groups excluding carboxylic acids is 2. The average molecular weight is 587 g/mol. The van der Waals surface area contributed by atoms with Gasteiger partial charge in [0.2, 0.25) is 0 Å². The number of morpholine rings is 1. The van der Waals surface area contributed by atoms with E-state index in [1.807, 2.05) is 5.38 Å². The fourth-order valence-electron chi connectivity index (χ4n) is 3.48. The van der Waals surface area contributed by atoms with Crippen LogP contribution < -0.4 is 5.32 Å². The standard InChI is InChI=1S/C18H24N4O4S2.C6H4ClF.CH4O/c1-2-26-18(24)14-9-20-16(17-19-3-7-28-17)21-15(14)10-22-4-6-25-11-13(22)12-27-8-5-23;7-5-2-1-3-6(8)4-5;1-2/h3,5,7,13H,2,4,6,8-12H2,1H3,(H,20,21);1-4H;2H,1H3. The molecule has 2 aromatic rings. The fourth-order valence-corrected chi connectivity index (χ4v) is 5.07. The third kappa shape index (κ3) is 10.4. The molecule has 3 heterocycles. The minimum absolute atomic E-state index is 0.179. The van der Waals surface area contributed by atoms with Crippen LogP contribution in [0.15, 0.2) is 52.1 Å². The highest BCUT2D eigenvalue weighted by molar-refractivity contribution is 7.99. The Morgan fingerprint density at radius 2 is 2.26 bits per heavy atom. The van der Waals surface area contributed by atoms with Crippen molar-refractivity contribution in [2.75, 3.05) is 58.1 Å². The number of ether oxygens (including phenoxy) is 2. The van der Waals surface area contributed by atoms with E-state index in [9.17, 15) is 14.0 Å². The summed E-state index contributed by atoms with van der Waals surface area (Å²) in [5.41, 5.74) is 1.35. The molecule has 1 aromatic carbocycles. The lowest BCUT2D eigenvalue weighted by Crippen LogP contribution is -2.50. The maximum Gasteiger partial charge on any atom is 0.337 e. The summed E-state index contributed by atoms with van der Waals surface area (Å²) >= 11 is 8.49. The van der Waals surface area contributed by atoms with E-state index in [-0.39, 0.29) is 24.4 Å². The number of carbonyl (C=O) groups is 2. The lowest BCUT2D eigenvalue weighted by atomic mass is 10.1. The van der Waals surface area contributed by atoms with Gasteiger partial charge in [0.1, 0.15) is 12.1 Å². The van der Waals surface area contributed by atoms with E-state index in [2.05, 4.69) is 20.2 Å². The summed E-state index contributed by atoms with van der Waals surface area (Å²) in [5.74, 6) is 1.32. The number of aliphatic hydroxyl groups is 1. The molecule has 0 amide bonds. The van der Waals surface area contributed by atoms with Crippen molar-refractivity contribution in [2.45, 2.75) is 13.0 Å². The zero-order valence-electron chi connectivity index (χ0n) is 21.3. The molecule has 1 atom stereocenters. The highest BCUT2D eigenvalue weighted by Crippen LogP contribution is 2.19. The molecule has 0 radical (unpaired) electrons. The van der Waals surface area contributed by atoms with E-state index in [1.54, 1.807) is 37.0 Å². The van der Waals surface area contributed by atoms with Crippen molar-refractivity contribution in [3.05, 3.63) is 63.0 Å². The van der Waals surface area contributed by atoms with Crippen LogP contribution in [0.1, 0.15) is 11.9 Å². The van der Waals surface area contributed by atoms with Gasteiger partial charge in [-0.2, -0.15) is 11.8 Å². The van der Waals surface area contributed by atoms with Gasteiger partial charge in [-0.3, -0.25) is 9.89 Å². The Kier molecular flexibility index (Phi) is 15.1. The molecule has 2 aliphatic heterocycles. The van der Waals surface area contributed by atoms with Gasteiger partial charge in [0, 0.05) is 60.0 Å². The molecule has 0 spiro atoms. The number of nitrogens with one attached hydrogen (secondary N) is 1. The summed E-state index contributed by atoms with van der Waals surface area (Å²) in [6, 6.07) is 5.99. The van der Waals surface area contributed by atoms with E-state index < -0.39 is 0 Å². The molecule has 1 saturated heterocycles. The van der Waals surface area contributed by atoms with E-state index in [0.29, 0.717) is 48.5 Å². The number of esters is 1. The normalized spacial score (nSPS) is 17.2. The Hall–Kier alpha value is -2.35. The SMILES string of the molecule is CCOC(=O)C1=C(CN2CCOCC2CSCC=O)NC(c2nccs2)=NC1.CO.Fc1cccc(Cl)c1. The van der Waals surface area contributed by atoms with Crippen LogP contribution in [-0.4, -0.2) is 97.2 Å². The largest absolute Gasteiger partial charge is 0.463 e. The van der Waals surface area contributed by atoms with Gasteiger partial charge in [-0.25, -0.2) is 14.2 Å². The monoisotopic (exact) mass is 586 g/mol. The first kappa shape index (κ1) is 31.9. The second-order valence-electron chi connectivity index (χ2n) is 7.65. The molecule has 4 rings (SSSR count). The first-order chi connectivity index (χ1) is 18.5.